The van der Waals surface area contributed by atoms with E-state index in [1.165, 1.54) is 11.1 Å². The third-order valence-electron chi connectivity index (χ3n) is 3.40. The van der Waals surface area contributed by atoms with Crippen LogP contribution in [-0.2, 0) is 11.2 Å². The molecule has 0 aliphatic heterocycles. The van der Waals surface area contributed by atoms with Crippen molar-refractivity contribution in [2.45, 2.75) is 52.5 Å². The van der Waals surface area contributed by atoms with E-state index in [-0.39, 0.29) is 0 Å². The molecule has 0 saturated heterocycles. The highest BCUT2D eigenvalue weighted by molar-refractivity contribution is 6.31. The second-order valence-corrected chi connectivity index (χ2v) is 5.70. The standard InChI is InChI=1S/C17H28ClNO/c1-4-10-19-16(7-6-11-20-5-2)13-15-9-8-14(3)12-17(15)18/h8-9,12,16,19H,4-7,10-11,13H2,1-3H3. The number of hydrogen-bond acceptors (Lipinski definition) is 2. The van der Waals surface area contributed by atoms with Crippen LogP contribution in [0.15, 0.2) is 18.2 Å². The van der Waals surface area contributed by atoms with Crippen molar-refractivity contribution < 1.29 is 4.74 Å². The third kappa shape index (κ3) is 6.74. The highest BCUT2D eigenvalue weighted by atomic mass is 35.5. The quantitative estimate of drug-likeness (QED) is 0.647. The molecule has 1 unspecified atom stereocenters. The zero-order valence-corrected chi connectivity index (χ0v) is 13.8. The Kier molecular flexibility index (Phi) is 8.92. The van der Waals surface area contributed by atoms with Crippen LogP contribution in [0.25, 0.3) is 0 Å². The number of rotatable bonds is 10. The van der Waals surface area contributed by atoms with E-state index in [1.54, 1.807) is 0 Å². The van der Waals surface area contributed by atoms with Gasteiger partial charge in [0.2, 0.25) is 0 Å². The lowest BCUT2D eigenvalue weighted by Gasteiger charge is -2.19. The maximum absolute atomic E-state index is 6.34. The molecule has 1 aromatic carbocycles. The summed E-state index contributed by atoms with van der Waals surface area (Å²) in [6.45, 7) is 9.02. The summed E-state index contributed by atoms with van der Waals surface area (Å²) in [5.41, 5.74) is 2.45. The van der Waals surface area contributed by atoms with Crippen LogP contribution in [0.4, 0.5) is 0 Å². The molecule has 2 nitrogen and oxygen atoms in total. The average molecular weight is 298 g/mol. The Bertz CT molecular complexity index is 381. The van der Waals surface area contributed by atoms with Crippen LogP contribution < -0.4 is 5.32 Å². The second-order valence-electron chi connectivity index (χ2n) is 5.29. The van der Waals surface area contributed by atoms with E-state index in [2.05, 4.69) is 31.3 Å². The van der Waals surface area contributed by atoms with Crippen LogP contribution in [0.3, 0.4) is 0 Å². The molecule has 3 heteroatoms. The molecule has 0 aliphatic carbocycles. The van der Waals surface area contributed by atoms with Crippen LogP contribution >= 0.6 is 11.6 Å². The van der Waals surface area contributed by atoms with Gasteiger partial charge in [0.05, 0.1) is 0 Å². The Morgan fingerprint density at radius 1 is 1.30 bits per heavy atom. The van der Waals surface area contributed by atoms with Gasteiger partial charge >= 0.3 is 0 Å². The smallest absolute Gasteiger partial charge is 0.0466 e. The van der Waals surface area contributed by atoms with Crippen molar-refractivity contribution in [3.05, 3.63) is 34.3 Å². The number of benzene rings is 1. The van der Waals surface area contributed by atoms with Gasteiger partial charge in [0, 0.05) is 24.3 Å². The Morgan fingerprint density at radius 2 is 2.10 bits per heavy atom. The predicted octanol–water partition coefficient (Wildman–Crippen LogP) is 4.38. The molecule has 1 rings (SSSR count). The molecule has 20 heavy (non-hydrogen) atoms. The van der Waals surface area contributed by atoms with Gasteiger partial charge in [-0.1, -0.05) is 30.7 Å². The Balaban J connectivity index is 2.53. The summed E-state index contributed by atoms with van der Waals surface area (Å²) < 4.78 is 5.42. The van der Waals surface area contributed by atoms with Crippen LogP contribution in [-0.4, -0.2) is 25.8 Å². The van der Waals surface area contributed by atoms with E-state index in [0.717, 1.165) is 50.5 Å². The number of nitrogens with one attached hydrogen (secondary N) is 1. The van der Waals surface area contributed by atoms with Gasteiger partial charge in [-0.05, 0) is 63.3 Å². The molecule has 1 aromatic rings. The maximum Gasteiger partial charge on any atom is 0.0466 e. The third-order valence-corrected chi connectivity index (χ3v) is 3.76. The van der Waals surface area contributed by atoms with Crippen molar-refractivity contribution in [2.75, 3.05) is 19.8 Å². The zero-order chi connectivity index (χ0) is 14.8. The minimum absolute atomic E-state index is 0.482. The first kappa shape index (κ1) is 17.5. The lowest BCUT2D eigenvalue weighted by Crippen LogP contribution is -2.32. The van der Waals surface area contributed by atoms with E-state index in [0.29, 0.717) is 6.04 Å². The monoisotopic (exact) mass is 297 g/mol. The van der Waals surface area contributed by atoms with Gasteiger partial charge in [-0.25, -0.2) is 0 Å². The van der Waals surface area contributed by atoms with Crippen molar-refractivity contribution in [3.8, 4) is 0 Å². The van der Waals surface area contributed by atoms with Gasteiger partial charge in [0.25, 0.3) is 0 Å². The molecule has 0 bridgehead atoms. The SMILES string of the molecule is CCCNC(CCCOCC)Cc1ccc(C)cc1Cl. The van der Waals surface area contributed by atoms with E-state index in [9.17, 15) is 0 Å². The minimum Gasteiger partial charge on any atom is -0.382 e. The lowest BCUT2D eigenvalue weighted by atomic mass is 10.0. The van der Waals surface area contributed by atoms with Gasteiger partial charge in [-0.3, -0.25) is 0 Å². The Hall–Kier alpha value is -0.570. The molecule has 0 aliphatic rings. The first-order valence-corrected chi connectivity index (χ1v) is 8.11. The van der Waals surface area contributed by atoms with Gasteiger partial charge in [0.15, 0.2) is 0 Å². The topological polar surface area (TPSA) is 21.3 Å². The van der Waals surface area contributed by atoms with E-state index in [1.807, 2.05) is 13.0 Å². The van der Waals surface area contributed by atoms with Gasteiger partial charge < -0.3 is 10.1 Å². The summed E-state index contributed by atoms with van der Waals surface area (Å²) in [6.07, 6.45) is 4.37. The fourth-order valence-corrected chi connectivity index (χ4v) is 2.60. The summed E-state index contributed by atoms with van der Waals surface area (Å²) in [5, 5.41) is 4.51. The van der Waals surface area contributed by atoms with Crippen LogP contribution in [0.5, 0.6) is 0 Å². The van der Waals surface area contributed by atoms with Crippen LogP contribution in [0, 0.1) is 6.92 Å². The molecule has 1 N–H and O–H groups in total. The van der Waals surface area contributed by atoms with Gasteiger partial charge in [-0.2, -0.15) is 0 Å². The fraction of sp³-hybridized carbons (Fsp3) is 0.647. The first-order valence-electron chi connectivity index (χ1n) is 7.73. The van der Waals surface area contributed by atoms with Crippen molar-refractivity contribution in [1.29, 1.82) is 0 Å². The number of hydrogen-bond donors (Lipinski definition) is 1. The van der Waals surface area contributed by atoms with Crippen molar-refractivity contribution in [3.63, 3.8) is 0 Å². The van der Waals surface area contributed by atoms with E-state index in [4.69, 9.17) is 16.3 Å². The molecule has 0 radical (unpaired) electrons. The minimum atomic E-state index is 0.482. The Labute approximate surface area is 128 Å². The molecule has 0 spiro atoms. The molecule has 0 heterocycles. The van der Waals surface area contributed by atoms with Gasteiger partial charge in [0.1, 0.15) is 0 Å². The van der Waals surface area contributed by atoms with Crippen molar-refractivity contribution in [1.82, 2.24) is 5.32 Å². The summed E-state index contributed by atoms with van der Waals surface area (Å²) in [6, 6.07) is 6.82. The Morgan fingerprint density at radius 3 is 2.75 bits per heavy atom. The largest absolute Gasteiger partial charge is 0.382 e. The second kappa shape index (κ2) is 10.2. The molecule has 0 aromatic heterocycles. The number of ether oxygens (including phenoxy) is 1. The van der Waals surface area contributed by atoms with E-state index >= 15 is 0 Å². The van der Waals surface area contributed by atoms with Crippen LogP contribution in [0.1, 0.15) is 44.2 Å². The number of aryl methyl sites for hydroxylation is 1. The maximum atomic E-state index is 6.34. The van der Waals surface area contributed by atoms with Crippen molar-refractivity contribution in [2.24, 2.45) is 0 Å². The highest BCUT2D eigenvalue weighted by Crippen LogP contribution is 2.20. The zero-order valence-electron chi connectivity index (χ0n) is 13.0. The molecular formula is C17H28ClNO. The average Bonchev–Trinajstić information content (AvgIpc) is 2.43. The van der Waals surface area contributed by atoms with Crippen LogP contribution in [0.2, 0.25) is 5.02 Å². The first-order chi connectivity index (χ1) is 9.67. The highest BCUT2D eigenvalue weighted by Gasteiger charge is 2.11. The summed E-state index contributed by atoms with van der Waals surface area (Å²) in [5.74, 6) is 0. The summed E-state index contributed by atoms with van der Waals surface area (Å²) in [4.78, 5) is 0. The molecular weight excluding hydrogens is 270 g/mol. The number of halogens is 1. The van der Waals surface area contributed by atoms with Crippen molar-refractivity contribution >= 4 is 11.6 Å². The molecule has 0 amide bonds. The fourth-order valence-electron chi connectivity index (χ4n) is 2.28. The lowest BCUT2D eigenvalue weighted by molar-refractivity contribution is 0.140. The molecule has 0 fully saturated rings. The summed E-state index contributed by atoms with van der Waals surface area (Å²) in [7, 11) is 0. The normalized spacial score (nSPS) is 12.6. The summed E-state index contributed by atoms with van der Waals surface area (Å²) >= 11 is 6.34. The molecule has 1 atom stereocenters. The predicted molar refractivity (Wildman–Crippen MR) is 87.7 cm³/mol. The molecule has 114 valence electrons. The van der Waals surface area contributed by atoms with Gasteiger partial charge in [-0.15, -0.1) is 0 Å². The molecule has 0 saturated carbocycles. The van der Waals surface area contributed by atoms with E-state index < -0.39 is 0 Å².